The lowest BCUT2D eigenvalue weighted by atomic mass is 10.2. The maximum atomic E-state index is 11.2. The van der Waals surface area contributed by atoms with Gasteiger partial charge in [0.25, 0.3) is 0 Å². The van der Waals surface area contributed by atoms with Crippen molar-refractivity contribution in [1.82, 2.24) is 14.6 Å². The monoisotopic (exact) mass is 341 g/mol. The number of halogens is 1. The molecule has 0 spiro atoms. The number of aromatic nitrogens is 3. The van der Waals surface area contributed by atoms with E-state index < -0.39 is 0 Å². The number of aldehydes is 1. The average molecular weight is 342 g/mol. The maximum Gasteiger partial charge on any atom is 0.170 e. The summed E-state index contributed by atoms with van der Waals surface area (Å²) in [6, 6.07) is 8.11. The Hall–Kier alpha value is -2.60. The van der Waals surface area contributed by atoms with Crippen LogP contribution in [0, 0.1) is 6.92 Å². The van der Waals surface area contributed by atoms with Gasteiger partial charge in [0.15, 0.2) is 11.9 Å². The summed E-state index contributed by atoms with van der Waals surface area (Å²) in [5, 5.41) is 11.6. The molecule has 0 amide bonds. The maximum absolute atomic E-state index is 11.2. The summed E-state index contributed by atoms with van der Waals surface area (Å²) in [4.78, 5) is 15.8. The van der Waals surface area contributed by atoms with Gasteiger partial charge in [0.2, 0.25) is 0 Å². The Labute approximate surface area is 143 Å². The van der Waals surface area contributed by atoms with Gasteiger partial charge in [-0.1, -0.05) is 23.7 Å². The van der Waals surface area contributed by atoms with Crippen molar-refractivity contribution in [3.05, 3.63) is 46.6 Å². The zero-order valence-corrected chi connectivity index (χ0v) is 13.8. The number of hydrogen-bond donors (Lipinski definition) is 2. The largest absolute Gasteiger partial charge is 0.367 e. The number of hydrogen-bond acceptors (Lipinski definition) is 5. The SMILES string of the molecule is Cc1cccc(Nc2cc(NC3CC3)n3ncc(C=O)c3n2)c1Cl. The van der Waals surface area contributed by atoms with Crippen molar-refractivity contribution in [2.24, 2.45) is 0 Å². The number of carbonyl (C=O) groups excluding carboxylic acids is 1. The molecule has 2 heterocycles. The molecule has 0 radical (unpaired) electrons. The minimum absolute atomic E-state index is 0.452. The Bertz CT molecular complexity index is 932. The van der Waals surface area contributed by atoms with Crippen molar-refractivity contribution >= 4 is 40.9 Å². The predicted molar refractivity (Wildman–Crippen MR) is 94.5 cm³/mol. The molecule has 1 saturated carbocycles. The van der Waals surface area contributed by atoms with E-state index in [1.54, 1.807) is 4.52 Å². The van der Waals surface area contributed by atoms with E-state index in [4.69, 9.17) is 11.6 Å². The molecule has 1 aliphatic rings. The molecule has 0 atom stereocenters. The van der Waals surface area contributed by atoms with Crippen molar-refractivity contribution < 1.29 is 4.79 Å². The van der Waals surface area contributed by atoms with Crippen LogP contribution >= 0.6 is 11.6 Å². The molecular weight excluding hydrogens is 326 g/mol. The lowest BCUT2D eigenvalue weighted by Crippen LogP contribution is -2.09. The molecule has 2 aromatic heterocycles. The molecule has 1 fully saturated rings. The second kappa shape index (κ2) is 5.79. The Morgan fingerprint density at radius 1 is 1.38 bits per heavy atom. The molecule has 0 aliphatic heterocycles. The number of carbonyl (C=O) groups is 1. The van der Waals surface area contributed by atoms with Crippen LogP contribution in [-0.4, -0.2) is 26.9 Å². The zero-order chi connectivity index (χ0) is 16.7. The van der Waals surface area contributed by atoms with Crippen LogP contribution in [0.4, 0.5) is 17.3 Å². The molecule has 0 bridgehead atoms. The predicted octanol–water partition coefficient (Wildman–Crippen LogP) is 3.82. The van der Waals surface area contributed by atoms with Gasteiger partial charge in [-0.05, 0) is 31.4 Å². The van der Waals surface area contributed by atoms with Crippen LogP contribution < -0.4 is 10.6 Å². The van der Waals surface area contributed by atoms with Crippen LogP contribution in [0.2, 0.25) is 5.02 Å². The van der Waals surface area contributed by atoms with Crippen molar-refractivity contribution in [2.45, 2.75) is 25.8 Å². The first-order chi connectivity index (χ1) is 11.7. The van der Waals surface area contributed by atoms with E-state index in [9.17, 15) is 4.79 Å². The molecule has 6 nitrogen and oxygen atoms in total. The molecule has 2 N–H and O–H groups in total. The van der Waals surface area contributed by atoms with Gasteiger partial charge < -0.3 is 10.6 Å². The quantitative estimate of drug-likeness (QED) is 0.690. The molecule has 7 heteroatoms. The van der Waals surface area contributed by atoms with Crippen LogP contribution in [0.3, 0.4) is 0 Å². The highest BCUT2D eigenvalue weighted by Gasteiger charge is 2.23. The van der Waals surface area contributed by atoms with Crippen LogP contribution in [-0.2, 0) is 0 Å². The standard InChI is InChI=1S/C17H16ClN5O/c1-10-3-2-4-13(16(10)18)21-14-7-15(20-12-5-6-12)23-17(22-14)11(9-24)8-19-23/h2-4,7-9,12,20H,5-6H2,1H3,(H,21,22). The van der Waals surface area contributed by atoms with Gasteiger partial charge >= 0.3 is 0 Å². The highest BCUT2D eigenvalue weighted by molar-refractivity contribution is 6.34. The second-order valence-electron chi connectivity index (χ2n) is 5.96. The number of rotatable bonds is 5. The Kier molecular flexibility index (Phi) is 3.61. The molecule has 4 rings (SSSR count). The van der Waals surface area contributed by atoms with Crippen molar-refractivity contribution in [2.75, 3.05) is 10.6 Å². The minimum Gasteiger partial charge on any atom is -0.367 e. The third-order valence-electron chi connectivity index (χ3n) is 4.01. The fourth-order valence-corrected chi connectivity index (χ4v) is 2.72. The summed E-state index contributed by atoms with van der Waals surface area (Å²) >= 11 is 6.35. The van der Waals surface area contributed by atoms with Crippen molar-refractivity contribution in [1.29, 1.82) is 0 Å². The summed E-state index contributed by atoms with van der Waals surface area (Å²) in [6.07, 6.45) is 4.56. The van der Waals surface area contributed by atoms with E-state index in [1.807, 2.05) is 31.2 Å². The topological polar surface area (TPSA) is 71.3 Å². The van der Waals surface area contributed by atoms with Gasteiger partial charge in [-0.3, -0.25) is 4.79 Å². The number of fused-ring (bicyclic) bond motifs is 1. The normalized spacial score (nSPS) is 13.9. The lowest BCUT2D eigenvalue weighted by Gasteiger charge is -2.13. The van der Waals surface area contributed by atoms with Crippen molar-refractivity contribution in [3.8, 4) is 0 Å². The number of aryl methyl sites for hydroxylation is 1. The number of anilines is 3. The van der Waals surface area contributed by atoms with Gasteiger partial charge in [-0.2, -0.15) is 9.61 Å². The molecule has 0 saturated heterocycles. The smallest absolute Gasteiger partial charge is 0.170 e. The third kappa shape index (κ3) is 2.69. The number of nitrogens with zero attached hydrogens (tertiary/aromatic N) is 3. The molecule has 1 aliphatic carbocycles. The molecule has 24 heavy (non-hydrogen) atoms. The van der Waals surface area contributed by atoms with Crippen molar-refractivity contribution in [3.63, 3.8) is 0 Å². The van der Waals surface area contributed by atoms with E-state index >= 15 is 0 Å². The van der Waals surface area contributed by atoms with E-state index in [-0.39, 0.29) is 0 Å². The number of nitrogens with one attached hydrogen (secondary N) is 2. The Morgan fingerprint density at radius 3 is 2.96 bits per heavy atom. The molecular formula is C17H16ClN5O. The fourth-order valence-electron chi connectivity index (χ4n) is 2.55. The summed E-state index contributed by atoms with van der Waals surface area (Å²) < 4.78 is 1.66. The van der Waals surface area contributed by atoms with Crippen LogP contribution in [0.15, 0.2) is 30.5 Å². The summed E-state index contributed by atoms with van der Waals surface area (Å²) in [5.74, 6) is 1.42. The third-order valence-corrected chi connectivity index (χ3v) is 4.51. The molecule has 1 aromatic carbocycles. The van der Waals surface area contributed by atoms with Gasteiger partial charge in [0, 0.05) is 12.1 Å². The zero-order valence-electron chi connectivity index (χ0n) is 13.1. The number of benzene rings is 1. The van der Waals surface area contributed by atoms with Crippen LogP contribution in [0.1, 0.15) is 28.8 Å². The van der Waals surface area contributed by atoms with Crippen LogP contribution in [0.5, 0.6) is 0 Å². The van der Waals surface area contributed by atoms with E-state index in [2.05, 4.69) is 20.7 Å². The van der Waals surface area contributed by atoms with Crippen LogP contribution in [0.25, 0.3) is 5.65 Å². The summed E-state index contributed by atoms with van der Waals surface area (Å²) in [5.41, 5.74) is 2.73. The first-order valence-corrected chi connectivity index (χ1v) is 8.16. The fraction of sp³-hybridized carbons (Fsp3) is 0.235. The average Bonchev–Trinajstić information content (AvgIpc) is 3.29. The Balaban J connectivity index is 1.79. The van der Waals surface area contributed by atoms with Gasteiger partial charge in [0.1, 0.15) is 11.6 Å². The molecule has 3 aromatic rings. The van der Waals surface area contributed by atoms with Gasteiger partial charge in [-0.25, -0.2) is 4.98 Å². The van der Waals surface area contributed by atoms with E-state index in [0.717, 1.165) is 36.2 Å². The van der Waals surface area contributed by atoms with Gasteiger partial charge in [0.05, 0.1) is 22.5 Å². The van der Waals surface area contributed by atoms with E-state index in [0.29, 0.717) is 28.1 Å². The first kappa shape index (κ1) is 15.0. The molecule has 122 valence electrons. The summed E-state index contributed by atoms with van der Waals surface area (Å²) in [7, 11) is 0. The minimum atomic E-state index is 0.452. The molecule has 0 unspecified atom stereocenters. The first-order valence-electron chi connectivity index (χ1n) is 7.78. The van der Waals surface area contributed by atoms with Gasteiger partial charge in [-0.15, -0.1) is 0 Å². The summed E-state index contributed by atoms with van der Waals surface area (Å²) in [6.45, 7) is 1.95. The highest BCUT2D eigenvalue weighted by Crippen LogP contribution is 2.30. The highest BCUT2D eigenvalue weighted by atomic mass is 35.5. The Morgan fingerprint density at radius 2 is 2.21 bits per heavy atom. The lowest BCUT2D eigenvalue weighted by molar-refractivity contribution is 0.112. The van der Waals surface area contributed by atoms with E-state index in [1.165, 1.54) is 6.20 Å². The second-order valence-corrected chi connectivity index (χ2v) is 6.34.